The van der Waals surface area contributed by atoms with Crippen molar-refractivity contribution >= 4 is 22.0 Å². The van der Waals surface area contributed by atoms with Crippen LogP contribution in [0.15, 0.2) is 48.5 Å². The molecule has 1 saturated carbocycles. The van der Waals surface area contributed by atoms with Crippen molar-refractivity contribution in [1.29, 1.82) is 0 Å². The van der Waals surface area contributed by atoms with Crippen molar-refractivity contribution in [2.75, 3.05) is 18.5 Å². The fourth-order valence-electron chi connectivity index (χ4n) is 4.57. The van der Waals surface area contributed by atoms with Crippen LogP contribution in [0.5, 0.6) is 0 Å². The monoisotopic (exact) mass is 427 g/mol. The highest BCUT2D eigenvalue weighted by Gasteiger charge is 2.32. The van der Waals surface area contributed by atoms with Crippen LogP contribution in [-0.2, 0) is 4.74 Å². The summed E-state index contributed by atoms with van der Waals surface area (Å²) >= 11 is 3.66. The molecular weight excluding hydrogens is 402 g/mol. The SMILES string of the molecule is O=C(NCC1(CBr)CCCCC1)OCC1c2ccccc2-c2ccccc21. The number of alkyl carbamates (subject to hydrolysis) is 1. The van der Waals surface area contributed by atoms with Crippen molar-refractivity contribution in [1.82, 2.24) is 5.32 Å². The third-order valence-electron chi connectivity index (χ3n) is 6.15. The Bertz CT molecular complexity index is 768. The zero-order valence-corrected chi connectivity index (χ0v) is 17.1. The molecule has 4 rings (SSSR count). The van der Waals surface area contributed by atoms with Crippen molar-refractivity contribution in [3.8, 4) is 11.1 Å². The lowest BCUT2D eigenvalue weighted by Crippen LogP contribution is -2.40. The van der Waals surface area contributed by atoms with Gasteiger partial charge in [-0.2, -0.15) is 0 Å². The van der Waals surface area contributed by atoms with Gasteiger partial charge in [0.05, 0.1) is 0 Å². The molecule has 2 aliphatic carbocycles. The average Bonchev–Trinajstić information content (AvgIpc) is 3.05. The molecule has 4 heteroatoms. The molecule has 0 saturated heterocycles. The second kappa shape index (κ2) is 8.05. The summed E-state index contributed by atoms with van der Waals surface area (Å²) in [7, 11) is 0. The molecule has 2 aromatic carbocycles. The zero-order chi connectivity index (χ0) is 18.7. The summed E-state index contributed by atoms with van der Waals surface area (Å²) in [6.07, 6.45) is 5.84. The van der Waals surface area contributed by atoms with Crippen molar-refractivity contribution in [2.24, 2.45) is 5.41 Å². The van der Waals surface area contributed by atoms with Crippen LogP contribution in [0.1, 0.15) is 49.1 Å². The quantitative estimate of drug-likeness (QED) is 0.605. The van der Waals surface area contributed by atoms with Crippen molar-refractivity contribution in [3.63, 3.8) is 0 Å². The number of ether oxygens (including phenoxy) is 1. The minimum absolute atomic E-state index is 0.114. The van der Waals surface area contributed by atoms with Gasteiger partial charge in [0.15, 0.2) is 0 Å². The molecule has 1 amide bonds. The Labute approximate surface area is 169 Å². The number of halogens is 1. The van der Waals surface area contributed by atoms with E-state index in [1.807, 2.05) is 0 Å². The molecular formula is C23H26BrNO2. The number of alkyl halides is 1. The molecule has 142 valence electrons. The topological polar surface area (TPSA) is 38.3 Å². The second-order valence-corrected chi connectivity index (χ2v) is 8.43. The summed E-state index contributed by atoms with van der Waals surface area (Å²) in [4.78, 5) is 12.4. The van der Waals surface area contributed by atoms with Crippen LogP contribution >= 0.6 is 15.9 Å². The molecule has 0 heterocycles. The third kappa shape index (κ3) is 3.77. The van der Waals surface area contributed by atoms with Crippen molar-refractivity contribution in [2.45, 2.75) is 38.0 Å². The predicted octanol–water partition coefficient (Wildman–Crippen LogP) is 5.87. The maximum atomic E-state index is 12.4. The maximum absolute atomic E-state index is 12.4. The number of amides is 1. The lowest BCUT2D eigenvalue weighted by Gasteiger charge is -2.35. The van der Waals surface area contributed by atoms with Crippen LogP contribution in [0.3, 0.4) is 0 Å². The Kier molecular flexibility index (Phi) is 5.53. The molecule has 0 bridgehead atoms. The van der Waals surface area contributed by atoms with Crippen LogP contribution in [-0.4, -0.2) is 24.6 Å². The molecule has 0 aromatic heterocycles. The van der Waals surface area contributed by atoms with E-state index in [4.69, 9.17) is 4.74 Å². The van der Waals surface area contributed by atoms with E-state index in [1.54, 1.807) is 0 Å². The fraction of sp³-hybridized carbons (Fsp3) is 0.435. The predicted molar refractivity (Wildman–Crippen MR) is 112 cm³/mol. The Balaban J connectivity index is 1.39. The Hall–Kier alpha value is -1.81. The molecule has 2 aliphatic rings. The van der Waals surface area contributed by atoms with Gasteiger partial charge in [0.25, 0.3) is 0 Å². The van der Waals surface area contributed by atoms with E-state index < -0.39 is 0 Å². The number of carbonyl (C=O) groups is 1. The number of hydrogen-bond acceptors (Lipinski definition) is 2. The molecule has 0 atom stereocenters. The number of fused-ring (bicyclic) bond motifs is 3. The summed E-state index contributed by atoms with van der Waals surface area (Å²) in [5.74, 6) is 0.114. The van der Waals surface area contributed by atoms with Gasteiger partial charge in [-0.3, -0.25) is 0 Å². The van der Waals surface area contributed by atoms with Crippen molar-refractivity contribution < 1.29 is 9.53 Å². The smallest absolute Gasteiger partial charge is 0.407 e. The third-order valence-corrected chi connectivity index (χ3v) is 7.34. The molecule has 0 unspecified atom stereocenters. The van der Waals surface area contributed by atoms with E-state index in [0.717, 1.165) is 5.33 Å². The molecule has 3 nitrogen and oxygen atoms in total. The molecule has 1 N–H and O–H groups in total. The Morgan fingerprint density at radius 2 is 1.59 bits per heavy atom. The highest BCUT2D eigenvalue weighted by Crippen LogP contribution is 2.44. The van der Waals surface area contributed by atoms with E-state index in [1.165, 1.54) is 54.4 Å². The van der Waals surface area contributed by atoms with Gasteiger partial charge in [-0.15, -0.1) is 0 Å². The largest absolute Gasteiger partial charge is 0.449 e. The first-order valence-corrected chi connectivity index (χ1v) is 11.0. The summed E-state index contributed by atoms with van der Waals surface area (Å²) in [6, 6.07) is 16.8. The fourth-order valence-corrected chi connectivity index (χ4v) is 5.33. The van der Waals surface area contributed by atoms with Gasteiger partial charge in [-0.25, -0.2) is 4.79 Å². The van der Waals surface area contributed by atoms with Crippen LogP contribution in [0.4, 0.5) is 4.79 Å². The standard InChI is InChI=1S/C23H26BrNO2/c24-15-23(12-6-1-7-13-23)16-25-22(26)27-14-21-19-10-4-2-8-17(19)18-9-3-5-11-20(18)21/h2-5,8-11,21H,1,6-7,12-16H2,(H,25,26). The van der Waals surface area contributed by atoms with Crippen LogP contribution in [0.2, 0.25) is 0 Å². The van der Waals surface area contributed by atoms with Gasteiger partial charge < -0.3 is 10.1 Å². The second-order valence-electron chi connectivity index (χ2n) is 7.87. The first kappa shape index (κ1) is 18.5. The number of hydrogen-bond donors (Lipinski definition) is 1. The molecule has 0 radical (unpaired) electrons. The highest BCUT2D eigenvalue weighted by molar-refractivity contribution is 9.09. The van der Waals surface area contributed by atoms with E-state index in [-0.39, 0.29) is 17.4 Å². The van der Waals surface area contributed by atoms with Gasteiger partial charge in [0, 0.05) is 17.8 Å². The van der Waals surface area contributed by atoms with Gasteiger partial charge in [-0.1, -0.05) is 83.7 Å². The van der Waals surface area contributed by atoms with E-state index in [2.05, 4.69) is 69.8 Å². The summed E-state index contributed by atoms with van der Waals surface area (Å²) < 4.78 is 5.65. The number of rotatable bonds is 5. The molecule has 0 aliphatic heterocycles. The molecule has 27 heavy (non-hydrogen) atoms. The lowest BCUT2D eigenvalue weighted by molar-refractivity contribution is 0.132. The molecule has 1 fully saturated rings. The maximum Gasteiger partial charge on any atom is 0.407 e. The lowest BCUT2D eigenvalue weighted by atomic mass is 9.76. The highest BCUT2D eigenvalue weighted by atomic mass is 79.9. The van der Waals surface area contributed by atoms with Gasteiger partial charge in [0.2, 0.25) is 0 Å². The normalized spacial score (nSPS) is 17.8. The summed E-state index contributed by atoms with van der Waals surface area (Å²) in [5.41, 5.74) is 5.18. The molecule has 0 spiro atoms. The minimum atomic E-state index is -0.303. The van der Waals surface area contributed by atoms with E-state index >= 15 is 0 Å². The van der Waals surface area contributed by atoms with Gasteiger partial charge >= 0.3 is 6.09 Å². The first-order valence-electron chi connectivity index (χ1n) is 9.87. The Morgan fingerprint density at radius 1 is 1.00 bits per heavy atom. The summed E-state index contributed by atoms with van der Waals surface area (Å²) in [6.45, 7) is 1.07. The number of nitrogens with one attached hydrogen (secondary N) is 1. The average molecular weight is 428 g/mol. The van der Waals surface area contributed by atoms with Crippen molar-refractivity contribution in [3.05, 3.63) is 59.7 Å². The van der Waals surface area contributed by atoms with Crippen LogP contribution < -0.4 is 5.32 Å². The van der Waals surface area contributed by atoms with E-state index in [9.17, 15) is 4.79 Å². The number of benzene rings is 2. The van der Waals surface area contributed by atoms with Gasteiger partial charge in [-0.05, 0) is 40.5 Å². The Morgan fingerprint density at radius 3 is 2.19 bits per heavy atom. The van der Waals surface area contributed by atoms with Gasteiger partial charge in [0.1, 0.15) is 6.61 Å². The minimum Gasteiger partial charge on any atom is -0.449 e. The summed E-state index contributed by atoms with van der Waals surface area (Å²) in [5, 5.41) is 3.96. The van der Waals surface area contributed by atoms with E-state index in [0.29, 0.717) is 13.2 Å². The van der Waals surface area contributed by atoms with Crippen LogP contribution in [0, 0.1) is 5.41 Å². The first-order chi connectivity index (χ1) is 13.2. The molecule has 2 aromatic rings. The van der Waals surface area contributed by atoms with Crippen LogP contribution in [0.25, 0.3) is 11.1 Å². The number of carbonyl (C=O) groups excluding carboxylic acids is 1. The zero-order valence-electron chi connectivity index (χ0n) is 15.5.